The molecule has 1 unspecified atom stereocenters. The average molecular weight is 347 g/mol. The molecule has 0 saturated heterocycles. The van der Waals surface area contributed by atoms with Crippen molar-refractivity contribution in [3.05, 3.63) is 28.8 Å². The molecule has 0 radical (unpaired) electrons. The Balaban J connectivity index is 3.03. The predicted molar refractivity (Wildman–Crippen MR) is 90.2 cm³/mol. The van der Waals surface area contributed by atoms with Gasteiger partial charge < -0.3 is 5.73 Å². The molecule has 0 fully saturated rings. The predicted octanol–water partition coefficient (Wildman–Crippen LogP) is 2.07. The van der Waals surface area contributed by atoms with E-state index in [9.17, 15) is 8.42 Å². The first-order chi connectivity index (χ1) is 9.94. The molecule has 0 aromatic heterocycles. The first-order valence-electron chi connectivity index (χ1n) is 6.44. The highest BCUT2D eigenvalue weighted by Gasteiger charge is 2.21. The van der Waals surface area contributed by atoms with Crippen molar-refractivity contribution in [2.24, 2.45) is 5.73 Å². The second-order valence-corrected chi connectivity index (χ2v) is 7.33. The maximum atomic E-state index is 12.4. The molecule has 1 aromatic rings. The SMILES string of the molecule is CCC(CSC)NS(=O)(=O)c1ccc(C#CCN)cc1Cl. The van der Waals surface area contributed by atoms with Gasteiger partial charge in [-0.3, -0.25) is 0 Å². The molecule has 1 rings (SSSR count). The fraction of sp³-hybridized carbons (Fsp3) is 0.429. The van der Waals surface area contributed by atoms with E-state index < -0.39 is 10.0 Å². The molecular weight excluding hydrogens is 328 g/mol. The fourth-order valence-corrected chi connectivity index (χ4v) is 4.36. The lowest BCUT2D eigenvalue weighted by atomic mass is 10.2. The van der Waals surface area contributed by atoms with Crippen LogP contribution in [0.25, 0.3) is 0 Å². The Kier molecular flexibility index (Phi) is 7.57. The highest BCUT2D eigenvalue weighted by Crippen LogP contribution is 2.23. The van der Waals surface area contributed by atoms with E-state index in [1.165, 1.54) is 12.1 Å². The third kappa shape index (κ3) is 5.53. The minimum atomic E-state index is -3.63. The van der Waals surface area contributed by atoms with Gasteiger partial charge in [0.05, 0.1) is 11.6 Å². The van der Waals surface area contributed by atoms with Crippen LogP contribution in [0, 0.1) is 11.8 Å². The van der Waals surface area contributed by atoms with E-state index in [1.807, 2.05) is 13.2 Å². The molecule has 1 aromatic carbocycles. The quantitative estimate of drug-likeness (QED) is 0.773. The van der Waals surface area contributed by atoms with Crippen LogP contribution in [0.1, 0.15) is 18.9 Å². The number of hydrogen-bond donors (Lipinski definition) is 2. The Morgan fingerprint density at radius 2 is 2.19 bits per heavy atom. The first-order valence-corrected chi connectivity index (χ1v) is 9.69. The number of benzene rings is 1. The van der Waals surface area contributed by atoms with Crippen LogP contribution in [0.15, 0.2) is 23.1 Å². The van der Waals surface area contributed by atoms with Crippen LogP contribution in [0.3, 0.4) is 0 Å². The van der Waals surface area contributed by atoms with Crippen LogP contribution in [0.4, 0.5) is 0 Å². The van der Waals surface area contributed by atoms with Crippen LogP contribution in [-0.2, 0) is 10.0 Å². The van der Waals surface area contributed by atoms with Crippen molar-refractivity contribution in [3.8, 4) is 11.8 Å². The topological polar surface area (TPSA) is 72.2 Å². The zero-order chi connectivity index (χ0) is 15.9. The maximum absolute atomic E-state index is 12.4. The average Bonchev–Trinajstić information content (AvgIpc) is 2.44. The molecule has 116 valence electrons. The zero-order valence-electron chi connectivity index (χ0n) is 12.0. The smallest absolute Gasteiger partial charge is 0.242 e. The number of rotatable bonds is 6. The normalized spacial score (nSPS) is 12.6. The molecule has 7 heteroatoms. The number of nitrogens with two attached hydrogens (primary N) is 1. The lowest BCUT2D eigenvalue weighted by Gasteiger charge is -2.16. The van der Waals surface area contributed by atoms with E-state index >= 15 is 0 Å². The van der Waals surface area contributed by atoms with Crippen LogP contribution in [0.5, 0.6) is 0 Å². The molecular formula is C14H19ClN2O2S2. The largest absolute Gasteiger partial charge is 0.320 e. The molecule has 0 aliphatic heterocycles. The minimum Gasteiger partial charge on any atom is -0.320 e. The Hall–Kier alpha value is -0.710. The van der Waals surface area contributed by atoms with Crippen molar-refractivity contribution in [2.75, 3.05) is 18.6 Å². The van der Waals surface area contributed by atoms with Crippen LogP contribution >= 0.6 is 23.4 Å². The van der Waals surface area contributed by atoms with Crippen LogP contribution in [-0.4, -0.2) is 33.0 Å². The molecule has 3 N–H and O–H groups in total. The molecule has 0 aliphatic carbocycles. The Morgan fingerprint density at radius 1 is 1.48 bits per heavy atom. The lowest BCUT2D eigenvalue weighted by molar-refractivity contribution is 0.558. The van der Waals surface area contributed by atoms with Gasteiger partial charge in [0, 0.05) is 17.4 Å². The summed E-state index contributed by atoms with van der Waals surface area (Å²) < 4.78 is 27.4. The van der Waals surface area contributed by atoms with Crippen LogP contribution in [0.2, 0.25) is 5.02 Å². The van der Waals surface area contributed by atoms with Gasteiger partial charge in [0.2, 0.25) is 10.0 Å². The van der Waals surface area contributed by atoms with Crippen molar-refractivity contribution in [1.29, 1.82) is 0 Å². The summed E-state index contributed by atoms with van der Waals surface area (Å²) in [5.41, 5.74) is 5.94. The monoisotopic (exact) mass is 346 g/mol. The summed E-state index contributed by atoms with van der Waals surface area (Å²) in [6, 6.07) is 4.52. The fourth-order valence-electron chi connectivity index (χ4n) is 1.67. The van der Waals surface area contributed by atoms with Gasteiger partial charge in [0.25, 0.3) is 0 Å². The molecule has 4 nitrogen and oxygen atoms in total. The summed E-state index contributed by atoms with van der Waals surface area (Å²) in [7, 11) is -3.63. The van der Waals surface area contributed by atoms with Crippen molar-refractivity contribution in [2.45, 2.75) is 24.3 Å². The molecule has 0 saturated carbocycles. The molecule has 0 bridgehead atoms. The third-order valence-electron chi connectivity index (χ3n) is 2.74. The van der Waals surface area contributed by atoms with Gasteiger partial charge in [0.15, 0.2) is 0 Å². The van der Waals surface area contributed by atoms with Crippen molar-refractivity contribution >= 4 is 33.4 Å². The van der Waals surface area contributed by atoms with E-state index in [0.717, 1.165) is 6.42 Å². The van der Waals surface area contributed by atoms with Gasteiger partial charge in [0.1, 0.15) is 4.90 Å². The number of thioether (sulfide) groups is 1. The standard InChI is InChI=1S/C14H19ClN2O2S2/c1-3-12(10-20-2)17-21(18,19)14-7-6-11(5-4-8-16)9-13(14)15/h6-7,9,12,17H,3,8,10,16H2,1-2H3. The highest BCUT2D eigenvalue weighted by molar-refractivity contribution is 7.98. The van der Waals surface area contributed by atoms with Gasteiger partial charge in [-0.1, -0.05) is 30.4 Å². The molecule has 0 spiro atoms. The van der Waals surface area contributed by atoms with E-state index in [4.69, 9.17) is 17.3 Å². The number of sulfonamides is 1. The van der Waals surface area contributed by atoms with Crippen molar-refractivity contribution in [3.63, 3.8) is 0 Å². The van der Waals surface area contributed by atoms with Crippen molar-refractivity contribution in [1.82, 2.24) is 4.72 Å². The second-order valence-electron chi connectivity index (χ2n) is 4.33. The van der Waals surface area contributed by atoms with Crippen LogP contribution < -0.4 is 10.5 Å². The second kappa shape index (κ2) is 8.66. The molecule has 0 aliphatic rings. The van der Waals surface area contributed by atoms with Gasteiger partial charge >= 0.3 is 0 Å². The van der Waals surface area contributed by atoms with Crippen molar-refractivity contribution < 1.29 is 8.42 Å². The molecule has 1 atom stereocenters. The van der Waals surface area contributed by atoms with E-state index in [-0.39, 0.29) is 22.5 Å². The van der Waals surface area contributed by atoms with Gasteiger partial charge in [-0.05, 0) is 30.9 Å². The summed E-state index contributed by atoms with van der Waals surface area (Å²) in [5, 5.41) is 0.158. The molecule has 21 heavy (non-hydrogen) atoms. The summed E-state index contributed by atoms with van der Waals surface area (Å²) in [6.45, 7) is 2.18. The number of hydrogen-bond acceptors (Lipinski definition) is 4. The summed E-state index contributed by atoms with van der Waals surface area (Å²) in [6.07, 6.45) is 2.66. The minimum absolute atomic E-state index is 0.0713. The summed E-state index contributed by atoms with van der Waals surface area (Å²) >= 11 is 7.67. The van der Waals surface area contributed by atoms with E-state index in [2.05, 4.69) is 16.6 Å². The number of nitrogens with one attached hydrogen (secondary N) is 1. The van der Waals surface area contributed by atoms with Gasteiger partial charge in [-0.2, -0.15) is 11.8 Å². The lowest BCUT2D eigenvalue weighted by Crippen LogP contribution is -2.36. The number of halogens is 1. The Morgan fingerprint density at radius 3 is 2.71 bits per heavy atom. The van der Waals surface area contributed by atoms with E-state index in [1.54, 1.807) is 17.8 Å². The zero-order valence-corrected chi connectivity index (χ0v) is 14.4. The van der Waals surface area contributed by atoms with Gasteiger partial charge in [-0.25, -0.2) is 13.1 Å². The summed E-state index contributed by atoms with van der Waals surface area (Å²) in [4.78, 5) is 0.0713. The maximum Gasteiger partial charge on any atom is 0.242 e. The van der Waals surface area contributed by atoms with E-state index in [0.29, 0.717) is 11.3 Å². The highest BCUT2D eigenvalue weighted by atomic mass is 35.5. The molecule has 0 amide bonds. The Bertz CT molecular complexity index is 636. The Labute approximate surface area is 135 Å². The van der Waals surface area contributed by atoms with Gasteiger partial charge in [-0.15, -0.1) is 0 Å². The summed E-state index contributed by atoms with van der Waals surface area (Å²) in [5.74, 6) is 6.23. The third-order valence-corrected chi connectivity index (χ3v) is 5.48. The first kappa shape index (κ1) is 18.3. The molecule has 0 heterocycles.